The van der Waals surface area contributed by atoms with Gasteiger partial charge in [-0.25, -0.2) is 0 Å². The Bertz CT molecular complexity index is 589. The Morgan fingerprint density at radius 2 is 1.71 bits per heavy atom. The summed E-state index contributed by atoms with van der Waals surface area (Å²) in [6.07, 6.45) is 0.975. The topological polar surface area (TPSA) is 35.2 Å². The van der Waals surface area contributed by atoms with Crippen molar-refractivity contribution in [3.05, 3.63) is 64.7 Å². The van der Waals surface area contributed by atoms with Gasteiger partial charge in [0.25, 0.3) is 0 Å². The maximum Gasteiger partial charge on any atom is 0.122 e. The molecule has 0 aliphatic carbocycles. The fourth-order valence-electron chi connectivity index (χ4n) is 2.45. The zero-order valence-corrected chi connectivity index (χ0v) is 13.4. The molecule has 0 fully saturated rings. The van der Waals surface area contributed by atoms with E-state index in [0.29, 0.717) is 0 Å². The summed E-state index contributed by atoms with van der Waals surface area (Å²) in [4.78, 5) is 0. The molecule has 2 rings (SSSR count). The first-order valence-corrected chi connectivity index (χ1v) is 7.59. The number of aryl methyl sites for hydroxylation is 3. The monoisotopic (exact) mass is 283 g/mol. The van der Waals surface area contributed by atoms with Crippen LogP contribution in [0.4, 0.5) is 0 Å². The highest BCUT2D eigenvalue weighted by molar-refractivity contribution is 5.36. The molecule has 2 unspecified atom stereocenters. The Morgan fingerprint density at radius 3 is 2.29 bits per heavy atom. The molecular weight excluding hydrogens is 258 g/mol. The Hall–Kier alpha value is -1.80. The number of nitrogens with two attached hydrogens (primary N) is 1. The van der Waals surface area contributed by atoms with Crippen LogP contribution >= 0.6 is 0 Å². The highest BCUT2D eigenvalue weighted by atomic mass is 16.5. The van der Waals surface area contributed by atoms with Crippen molar-refractivity contribution >= 4 is 0 Å². The van der Waals surface area contributed by atoms with Gasteiger partial charge in [0.2, 0.25) is 0 Å². The van der Waals surface area contributed by atoms with E-state index in [1.165, 1.54) is 11.1 Å². The lowest BCUT2D eigenvalue weighted by Crippen LogP contribution is -2.28. The van der Waals surface area contributed by atoms with E-state index in [-0.39, 0.29) is 12.1 Å². The molecule has 2 aromatic carbocycles. The van der Waals surface area contributed by atoms with Crippen LogP contribution in [-0.2, 0) is 6.42 Å². The predicted molar refractivity (Wildman–Crippen MR) is 88.8 cm³/mol. The Balaban J connectivity index is 2.09. The van der Waals surface area contributed by atoms with Gasteiger partial charge in [0.1, 0.15) is 11.9 Å². The average molecular weight is 283 g/mol. The zero-order valence-electron chi connectivity index (χ0n) is 13.4. The maximum absolute atomic E-state index is 6.33. The van der Waals surface area contributed by atoms with Gasteiger partial charge in [0, 0.05) is 0 Å². The number of benzene rings is 2. The molecule has 2 N–H and O–H groups in total. The van der Waals surface area contributed by atoms with E-state index in [0.717, 1.165) is 23.3 Å². The summed E-state index contributed by atoms with van der Waals surface area (Å²) in [5, 5.41) is 0. The van der Waals surface area contributed by atoms with Gasteiger partial charge in [-0.2, -0.15) is 0 Å². The molecule has 2 aromatic rings. The van der Waals surface area contributed by atoms with E-state index < -0.39 is 0 Å². The molecule has 0 amide bonds. The smallest absolute Gasteiger partial charge is 0.122 e. The van der Waals surface area contributed by atoms with Crippen LogP contribution in [0.1, 0.15) is 42.1 Å². The van der Waals surface area contributed by atoms with Crippen LogP contribution in [0.15, 0.2) is 42.5 Å². The molecule has 0 bridgehead atoms. The minimum atomic E-state index is -0.128. The molecule has 112 valence electrons. The summed E-state index contributed by atoms with van der Waals surface area (Å²) in [7, 11) is 0. The lowest BCUT2D eigenvalue weighted by atomic mass is 10.0. The SMILES string of the molecule is CCc1ccc(C(N)C(C)Oc2ccc(C)cc2C)cc1. The van der Waals surface area contributed by atoms with Crippen molar-refractivity contribution in [2.24, 2.45) is 5.73 Å². The summed E-state index contributed by atoms with van der Waals surface area (Å²) in [6, 6.07) is 14.6. The predicted octanol–water partition coefficient (Wildman–Crippen LogP) is 4.33. The minimum absolute atomic E-state index is 0.0705. The van der Waals surface area contributed by atoms with Gasteiger partial charge < -0.3 is 10.5 Å². The van der Waals surface area contributed by atoms with Crippen molar-refractivity contribution < 1.29 is 4.74 Å². The van der Waals surface area contributed by atoms with Crippen molar-refractivity contribution in [2.75, 3.05) is 0 Å². The van der Waals surface area contributed by atoms with E-state index in [4.69, 9.17) is 10.5 Å². The van der Waals surface area contributed by atoms with Gasteiger partial charge in [-0.3, -0.25) is 0 Å². The third kappa shape index (κ3) is 3.85. The van der Waals surface area contributed by atoms with E-state index >= 15 is 0 Å². The molecule has 0 heterocycles. The molecule has 21 heavy (non-hydrogen) atoms. The molecular formula is C19H25NO. The Kier molecular flexibility index (Phi) is 5.03. The van der Waals surface area contributed by atoms with Gasteiger partial charge >= 0.3 is 0 Å². The fraction of sp³-hybridized carbons (Fsp3) is 0.368. The maximum atomic E-state index is 6.33. The second-order valence-electron chi connectivity index (χ2n) is 5.71. The summed E-state index contributed by atoms with van der Waals surface area (Å²) < 4.78 is 6.05. The zero-order chi connectivity index (χ0) is 15.4. The largest absolute Gasteiger partial charge is 0.488 e. The first kappa shape index (κ1) is 15.6. The van der Waals surface area contributed by atoms with Gasteiger partial charge in [-0.15, -0.1) is 0 Å². The first-order chi connectivity index (χ1) is 10.0. The third-order valence-corrected chi connectivity index (χ3v) is 3.92. The van der Waals surface area contributed by atoms with Crippen molar-refractivity contribution in [1.29, 1.82) is 0 Å². The van der Waals surface area contributed by atoms with Crippen LogP contribution in [0, 0.1) is 13.8 Å². The van der Waals surface area contributed by atoms with Gasteiger partial charge in [-0.1, -0.05) is 48.9 Å². The first-order valence-electron chi connectivity index (χ1n) is 7.59. The number of hydrogen-bond acceptors (Lipinski definition) is 2. The summed E-state index contributed by atoms with van der Waals surface area (Å²) in [5.74, 6) is 0.911. The normalized spacial score (nSPS) is 13.8. The minimum Gasteiger partial charge on any atom is -0.488 e. The summed E-state index contributed by atoms with van der Waals surface area (Å²) in [6.45, 7) is 8.33. The van der Waals surface area contributed by atoms with Crippen molar-refractivity contribution in [2.45, 2.75) is 46.3 Å². The molecule has 2 atom stereocenters. The second kappa shape index (κ2) is 6.77. The van der Waals surface area contributed by atoms with E-state index in [1.807, 2.05) is 13.0 Å². The Labute approximate surface area is 127 Å². The lowest BCUT2D eigenvalue weighted by molar-refractivity contribution is 0.189. The third-order valence-electron chi connectivity index (χ3n) is 3.92. The fourth-order valence-corrected chi connectivity index (χ4v) is 2.45. The molecule has 2 nitrogen and oxygen atoms in total. The van der Waals surface area contributed by atoms with Crippen molar-refractivity contribution in [1.82, 2.24) is 0 Å². The van der Waals surface area contributed by atoms with E-state index in [9.17, 15) is 0 Å². The van der Waals surface area contributed by atoms with Crippen LogP contribution < -0.4 is 10.5 Å². The molecule has 0 aliphatic rings. The summed E-state index contributed by atoms with van der Waals surface area (Å²) in [5.41, 5.74) is 11.2. The standard InChI is InChI=1S/C19H25NO/c1-5-16-7-9-17(10-8-16)19(20)15(4)21-18-11-6-13(2)12-14(18)3/h6-12,15,19H,5,20H2,1-4H3. The molecule has 0 spiro atoms. The lowest BCUT2D eigenvalue weighted by Gasteiger charge is -2.23. The second-order valence-corrected chi connectivity index (χ2v) is 5.71. The van der Waals surface area contributed by atoms with Gasteiger partial charge in [-0.05, 0) is 49.9 Å². The van der Waals surface area contributed by atoms with Crippen LogP contribution in [0.2, 0.25) is 0 Å². The van der Waals surface area contributed by atoms with Crippen LogP contribution in [0.5, 0.6) is 5.75 Å². The summed E-state index contributed by atoms with van der Waals surface area (Å²) >= 11 is 0. The van der Waals surface area contributed by atoms with Crippen LogP contribution in [0.25, 0.3) is 0 Å². The van der Waals surface area contributed by atoms with Gasteiger partial charge in [0.15, 0.2) is 0 Å². The molecule has 0 radical (unpaired) electrons. The average Bonchev–Trinajstić information content (AvgIpc) is 2.49. The number of rotatable bonds is 5. The quantitative estimate of drug-likeness (QED) is 0.886. The van der Waals surface area contributed by atoms with Crippen LogP contribution in [0.3, 0.4) is 0 Å². The number of ether oxygens (including phenoxy) is 1. The van der Waals surface area contributed by atoms with E-state index in [1.54, 1.807) is 0 Å². The van der Waals surface area contributed by atoms with E-state index in [2.05, 4.69) is 57.2 Å². The Morgan fingerprint density at radius 1 is 1.05 bits per heavy atom. The highest BCUT2D eigenvalue weighted by Gasteiger charge is 2.17. The van der Waals surface area contributed by atoms with Crippen molar-refractivity contribution in [3.8, 4) is 5.75 Å². The highest BCUT2D eigenvalue weighted by Crippen LogP contribution is 2.24. The van der Waals surface area contributed by atoms with Crippen LogP contribution in [-0.4, -0.2) is 6.10 Å². The molecule has 0 saturated heterocycles. The number of hydrogen-bond donors (Lipinski definition) is 1. The van der Waals surface area contributed by atoms with Crippen molar-refractivity contribution in [3.63, 3.8) is 0 Å². The molecule has 0 saturated carbocycles. The molecule has 0 aromatic heterocycles. The molecule has 2 heteroatoms. The molecule has 0 aliphatic heterocycles. The van der Waals surface area contributed by atoms with Gasteiger partial charge in [0.05, 0.1) is 6.04 Å².